The predicted octanol–water partition coefficient (Wildman–Crippen LogP) is -1.56. The van der Waals surface area contributed by atoms with Gasteiger partial charge in [0.25, 0.3) is 5.56 Å². The van der Waals surface area contributed by atoms with E-state index < -0.39 is 32.3 Å². The van der Waals surface area contributed by atoms with Gasteiger partial charge >= 0.3 is 5.69 Å². The van der Waals surface area contributed by atoms with Crippen LogP contribution < -0.4 is 22.0 Å². The second-order valence-electron chi connectivity index (χ2n) is 5.13. The highest BCUT2D eigenvalue weighted by Crippen LogP contribution is 2.18. The summed E-state index contributed by atoms with van der Waals surface area (Å²) in [5, 5.41) is -1.27. The van der Waals surface area contributed by atoms with Crippen LogP contribution in [-0.2, 0) is 23.9 Å². The molecule has 0 bridgehead atoms. The molecule has 0 amide bonds. The normalized spacial score (nSPS) is 16.6. The second-order valence-corrected chi connectivity index (χ2v) is 7.17. The third kappa shape index (κ3) is 2.24. The van der Waals surface area contributed by atoms with E-state index in [-0.39, 0.29) is 15.6 Å². The highest BCUT2D eigenvalue weighted by atomic mass is 32.2. The minimum absolute atomic E-state index is 0.0220. The van der Waals surface area contributed by atoms with E-state index in [1.165, 1.54) is 20.2 Å². The van der Waals surface area contributed by atoms with Crippen LogP contribution in [0.2, 0.25) is 0 Å². The lowest BCUT2D eigenvalue weighted by atomic mass is 10.4. The Balaban J connectivity index is 2.25. The Bertz CT molecular complexity index is 1140. The fourth-order valence-corrected chi connectivity index (χ4v) is 3.73. The third-order valence-corrected chi connectivity index (χ3v) is 5.49. The molecule has 0 aliphatic carbocycles. The van der Waals surface area contributed by atoms with Crippen molar-refractivity contribution in [1.82, 2.24) is 9.13 Å². The summed E-state index contributed by atoms with van der Waals surface area (Å²) in [5.41, 5.74) is -1.18. The largest absolute Gasteiger partial charge is 0.332 e. The summed E-state index contributed by atoms with van der Waals surface area (Å²) < 4.78 is 40.1. The van der Waals surface area contributed by atoms with Crippen molar-refractivity contribution >= 4 is 15.9 Å². The molecule has 2 aromatic rings. The van der Waals surface area contributed by atoms with E-state index in [2.05, 4.69) is 4.99 Å². The third-order valence-electron chi connectivity index (χ3n) is 3.69. The molecule has 1 aliphatic heterocycles. The Morgan fingerprint density at radius 1 is 1.09 bits per heavy atom. The molecule has 0 fully saturated rings. The number of sulfone groups is 1. The number of hydrogen-bond acceptors (Lipinski definition) is 5. The average Bonchev–Trinajstić information content (AvgIpc) is 2.97. The van der Waals surface area contributed by atoms with Gasteiger partial charge in [0.1, 0.15) is 11.3 Å². The van der Waals surface area contributed by atoms with Crippen LogP contribution >= 0.6 is 0 Å². The Morgan fingerprint density at radius 3 is 2.30 bits per heavy atom. The van der Waals surface area contributed by atoms with Crippen molar-refractivity contribution in [1.29, 1.82) is 0 Å². The lowest BCUT2D eigenvalue weighted by Gasteiger charge is -2.07. The minimum Gasteiger partial charge on any atom is -0.281 e. The van der Waals surface area contributed by atoms with Crippen LogP contribution in [0, 0.1) is 5.82 Å². The van der Waals surface area contributed by atoms with Gasteiger partial charge in [-0.15, -0.1) is 0 Å². The number of nitrogens with zero attached hydrogens (tertiary/aromatic N) is 3. The summed E-state index contributed by atoms with van der Waals surface area (Å²) in [6.45, 7) is 0. The molecule has 7 nitrogen and oxygen atoms in total. The highest BCUT2D eigenvalue weighted by molar-refractivity contribution is 7.92. The molecule has 1 aliphatic rings. The van der Waals surface area contributed by atoms with Crippen molar-refractivity contribution in [3.8, 4) is 0 Å². The first-order valence-electron chi connectivity index (χ1n) is 6.58. The second kappa shape index (κ2) is 4.98. The maximum atomic E-state index is 13.0. The van der Waals surface area contributed by atoms with E-state index in [9.17, 15) is 22.4 Å². The molecule has 3 rings (SSSR count). The molecule has 0 radical (unpaired) electrons. The monoisotopic (exact) mass is 337 g/mol. The van der Waals surface area contributed by atoms with Crippen LogP contribution in [0.3, 0.4) is 0 Å². The van der Waals surface area contributed by atoms with Crippen molar-refractivity contribution in [2.45, 2.75) is 10.3 Å². The van der Waals surface area contributed by atoms with Crippen LogP contribution in [0.25, 0.3) is 6.08 Å². The zero-order chi connectivity index (χ0) is 16.9. The maximum absolute atomic E-state index is 13.0. The van der Waals surface area contributed by atoms with Crippen molar-refractivity contribution in [3.63, 3.8) is 0 Å². The van der Waals surface area contributed by atoms with E-state index in [0.29, 0.717) is 0 Å². The van der Waals surface area contributed by atoms with Crippen LogP contribution in [0.4, 0.5) is 4.39 Å². The highest BCUT2D eigenvalue weighted by Gasteiger charge is 2.29. The van der Waals surface area contributed by atoms with Gasteiger partial charge in [0, 0.05) is 14.1 Å². The van der Waals surface area contributed by atoms with Gasteiger partial charge in [-0.3, -0.25) is 13.9 Å². The molecule has 0 saturated carbocycles. The number of benzene rings is 1. The first-order chi connectivity index (χ1) is 10.7. The molecule has 1 atom stereocenters. The van der Waals surface area contributed by atoms with Crippen LogP contribution in [0.15, 0.2) is 43.7 Å². The van der Waals surface area contributed by atoms with Crippen LogP contribution in [0.1, 0.15) is 0 Å². The summed E-state index contributed by atoms with van der Waals surface area (Å²) in [7, 11) is -1.22. The van der Waals surface area contributed by atoms with Crippen molar-refractivity contribution < 1.29 is 12.8 Å². The standard InChI is InChI=1S/C14H12FN3O4S/c1-17-12-10(13(19)18(2)14(17)20)7-11(16-12)23(21,22)9-5-3-8(15)4-6-9/h3-7,11H,1-2H3/t11-/m0/s1. The predicted molar refractivity (Wildman–Crippen MR) is 79.5 cm³/mol. The van der Waals surface area contributed by atoms with Gasteiger partial charge in [-0.25, -0.2) is 22.6 Å². The van der Waals surface area contributed by atoms with Crippen molar-refractivity contribution in [3.05, 3.63) is 61.6 Å². The molecule has 0 spiro atoms. The SMILES string of the molecule is Cn1c(=O)c2c(n(C)c1=O)=N[C@@H](S(=O)(=O)c1ccc(F)cc1)C=2. The molecular formula is C14H12FN3O4S. The molecule has 23 heavy (non-hydrogen) atoms. The number of hydrogen-bond donors (Lipinski definition) is 0. The Labute approximate surface area is 129 Å². The van der Waals surface area contributed by atoms with Gasteiger partial charge in [-0.1, -0.05) is 0 Å². The van der Waals surface area contributed by atoms with Crippen LogP contribution in [0.5, 0.6) is 0 Å². The Hall–Kier alpha value is -2.55. The zero-order valence-electron chi connectivity index (χ0n) is 12.2. The van der Waals surface area contributed by atoms with Crippen molar-refractivity contribution in [2.75, 3.05) is 0 Å². The lowest BCUT2D eigenvalue weighted by Crippen LogP contribution is -2.55. The van der Waals surface area contributed by atoms with E-state index in [1.807, 2.05) is 0 Å². The summed E-state index contributed by atoms with van der Waals surface area (Å²) in [5.74, 6) is -0.559. The molecule has 0 saturated heterocycles. The summed E-state index contributed by atoms with van der Waals surface area (Å²) in [6.07, 6.45) is 1.20. The first-order valence-corrected chi connectivity index (χ1v) is 8.13. The number of aromatic nitrogens is 2. The summed E-state index contributed by atoms with van der Waals surface area (Å²) in [4.78, 5) is 27.9. The molecule has 1 aromatic heterocycles. The minimum atomic E-state index is -3.93. The van der Waals surface area contributed by atoms with Gasteiger partial charge in [-0.05, 0) is 30.3 Å². The van der Waals surface area contributed by atoms with Gasteiger partial charge in [0.2, 0.25) is 9.84 Å². The first kappa shape index (κ1) is 15.3. The fourth-order valence-electron chi connectivity index (χ4n) is 2.38. The smallest absolute Gasteiger partial charge is 0.281 e. The number of rotatable bonds is 2. The molecule has 120 valence electrons. The van der Waals surface area contributed by atoms with Gasteiger partial charge in [-0.2, -0.15) is 0 Å². The Kier molecular flexibility index (Phi) is 3.33. The average molecular weight is 337 g/mol. The number of halogens is 1. The molecular weight excluding hydrogens is 325 g/mol. The Morgan fingerprint density at radius 2 is 1.70 bits per heavy atom. The zero-order valence-corrected chi connectivity index (χ0v) is 13.0. The fraction of sp³-hybridized carbons (Fsp3) is 0.214. The molecule has 0 unspecified atom stereocenters. The molecule has 9 heteroatoms. The summed E-state index contributed by atoms with van der Waals surface area (Å²) in [6, 6.07) is 4.33. The number of fused-ring (bicyclic) bond motifs is 1. The quantitative estimate of drug-likeness (QED) is 0.620. The van der Waals surface area contributed by atoms with Crippen LogP contribution in [-0.4, -0.2) is 22.9 Å². The van der Waals surface area contributed by atoms with E-state index in [1.54, 1.807) is 0 Å². The van der Waals surface area contributed by atoms with Gasteiger partial charge in [0.15, 0.2) is 5.37 Å². The van der Waals surface area contributed by atoms with Gasteiger partial charge in [0.05, 0.1) is 10.1 Å². The topological polar surface area (TPSA) is 90.5 Å². The summed E-state index contributed by atoms with van der Waals surface area (Å²) >= 11 is 0. The molecule has 2 heterocycles. The molecule has 1 aromatic carbocycles. The van der Waals surface area contributed by atoms with Crippen molar-refractivity contribution in [2.24, 2.45) is 19.1 Å². The maximum Gasteiger partial charge on any atom is 0.332 e. The van der Waals surface area contributed by atoms with Gasteiger partial charge < -0.3 is 0 Å². The lowest BCUT2D eigenvalue weighted by molar-refractivity contribution is 0.588. The van der Waals surface area contributed by atoms with E-state index in [4.69, 9.17) is 0 Å². The van der Waals surface area contributed by atoms with E-state index >= 15 is 0 Å². The van der Waals surface area contributed by atoms with E-state index in [0.717, 1.165) is 33.4 Å². The molecule has 0 N–H and O–H groups in total.